The predicted octanol–water partition coefficient (Wildman–Crippen LogP) is 0.267. The molecule has 8 heteroatoms. The van der Waals surface area contributed by atoms with Crippen LogP contribution in [0.5, 0.6) is 0 Å². The van der Waals surface area contributed by atoms with Crippen LogP contribution in [0.15, 0.2) is 0 Å². The number of Topliss-reactive ketones (excluding diaryl/α,β-unsaturated/α-hetero) is 8. The monoisotopic (exact) mass is 378 g/mol. The van der Waals surface area contributed by atoms with Gasteiger partial charge in [-0.05, 0) is 48.5 Å². The molecule has 1 fully saturated rings. The molecule has 0 bridgehead atoms. The molecule has 0 spiro atoms. The highest BCUT2D eigenvalue weighted by Gasteiger charge is 2.87. The topological polar surface area (TPSA) is 137 Å². The van der Waals surface area contributed by atoms with Gasteiger partial charge in [0.05, 0.1) is 5.92 Å². The summed E-state index contributed by atoms with van der Waals surface area (Å²) in [6, 6.07) is 0. The Morgan fingerprint density at radius 1 is 0.593 bits per heavy atom. The molecule has 0 aromatic rings. The molecule has 1 atom stereocenters. The molecule has 27 heavy (non-hydrogen) atoms. The zero-order valence-corrected chi connectivity index (χ0v) is 16.3. The van der Waals surface area contributed by atoms with Gasteiger partial charge in [0, 0.05) is 0 Å². The molecule has 0 heterocycles. The molecule has 1 rings (SSSR count). The zero-order valence-electron chi connectivity index (χ0n) is 16.3. The molecular formula is C19H22O8. The summed E-state index contributed by atoms with van der Waals surface area (Å²) in [7, 11) is 0. The molecule has 1 aliphatic carbocycles. The fourth-order valence-corrected chi connectivity index (χ4v) is 5.24. The van der Waals surface area contributed by atoms with Gasteiger partial charge in [0.1, 0.15) is 39.7 Å². The molecular weight excluding hydrogens is 356 g/mol. The average Bonchev–Trinajstić information content (AvgIpc) is 2.71. The molecule has 1 unspecified atom stereocenters. The first-order valence-electron chi connectivity index (χ1n) is 8.25. The van der Waals surface area contributed by atoms with Crippen LogP contribution >= 0.6 is 0 Å². The second-order valence-corrected chi connectivity index (χ2v) is 7.05. The first-order valence-corrected chi connectivity index (χ1v) is 8.25. The third-order valence-corrected chi connectivity index (χ3v) is 5.85. The highest BCUT2D eigenvalue weighted by atomic mass is 16.2. The van der Waals surface area contributed by atoms with Crippen LogP contribution in [0.3, 0.4) is 0 Å². The van der Waals surface area contributed by atoms with Crippen molar-refractivity contribution in [3.05, 3.63) is 0 Å². The standard InChI is InChI=1S/C19H22O8/c1-8(20)15-16(27)18(11(4)23,12(5)24)19(13(6)25,14(7)26)17(15,9(2)21)10(3)22/h15H,1-7H3. The summed E-state index contributed by atoms with van der Waals surface area (Å²) in [5.41, 5.74) is -8.59. The Morgan fingerprint density at radius 2 is 0.926 bits per heavy atom. The summed E-state index contributed by atoms with van der Waals surface area (Å²) >= 11 is 0. The maximum atomic E-state index is 13.3. The second-order valence-electron chi connectivity index (χ2n) is 7.05. The highest BCUT2D eigenvalue weighted by Crippen LogP contribution is 2.66. The van der Waals surface area contributed by atoms with Gasteiger partial charge < -0.3 is 0 Å². The Bertz CT molecular complexity index is 787. The minimum atomic E-state index is -2.92. The zero-order chi connectivity index (χ0) is 21.7. The van der Waals surface area contributed by atoms with E-state index in [0.717, 1.165) is 48.5 Å². The number of ketones is 8. The highest BCUT2D eigenvalue weighted by molar-refractivity contribution is 6.41. The Kier molecular flexibility index (Phi) is 5.40. The van der Waals surface area contributed by atoms with Gasteiger partial charge in [0.25, 0.3) is 0 Å². The van der Waals surface area contributed by atoms with E-state index in [-0.39, 0.29) is 0 Å². The van der Waals surface area contributed by atoms with Crippen LogP contribution in [0.1, 0.15) is 48.5 Å². The van der Waals surface area contributed by atoms with E-state index in [0.29, 0.717) is 0 Å². The van der Waals surface area contributed by atoms with Gasteiger partial charge in [-0.2, -0.15) is 0 Å². The van der Waals surface area contributed by atoms with Crippen molar-refractivity contribution in [3.63, 3.8) is 0 Å². The van der Waals surface area contributed by atoms with Crippen molar-refractivity contribution in [2.75, 3.05) is 0 Å². The minimum absolute atomic E-state index is 0.827. The van der Waals surface area contributed by atoms with E-state index in [2.05, 4.69) is 0 Å². The third-order valence-electron chi connectivity index (χ3n) is 5.85. The van der Waals surface area contributed by atoms with Crippen molar-refractivity contribution in [1.82, 2.24) is 0 Å². The van der Waals surface area contributed by atoms with Gasteiger partial charge in [-0.15, -0.1) is 0 Å². The maximum Gasteiger partial charge on any atom is 0.167 e. The molecule has 8 nitrogen and oxygen atoms in total. The lowest BCUT2D eigenvalue weighted by Crippen LogP contribution is -2.67. The molecule has 0 radical (unpaired) electrons. The Morgan fingerprint density at radius 3 is 1.11 bits per heavy atom. The molecule has 1 aliphatic rings. The van der Waals surface area contributed by atoms with Crippen molar-refractivity contribution < 1.29 is 38.4 Å². The Balaban J connectivity index is 4.62. The summed E-state index contributed by atoms with van der Waals surface area (Å²) in [6.07, 6.45) is 0. The lowest BCUT2D eigenvalue weighted by atomic mass is 9.47. The molecule has 0 N–H and O–H groups in total. The van der Waals surface area contributed by atoms with Crippen LogP contribution in [0.4, 0.5) is 0 Å². The van der Waals surface area contributed by atoms with Gasteiger partial charge in [0.15, 0.2) is 22.8 Å². The number of carbonyl (C=O) groups excluding carboxylic acids is 8. The van der Waals surface area contributed by atoms with E-state index in [9.17, 15) is 38.4 Å². The van der Waals surface area contributed by atoms with Crippen molar-refractivity contribution in [3.8, 4) is 0 Å². The molecule has 0 aliphatic heterocycles. The minimum Gasteiger partial charge on any atom is -0.299 e. The van der Waals surface area contributed by atoms with Gasteiger partial charge in [-0.1, -0.05) is 0 Å². The van der Waals surface area contributed by atoms with Crippen LogP contribution in [0.25, 0.3) is 0 Å². The Hall–Kier alpha value is -2.64. The van der Waals surface area contributed by atoms with E-state index < -0.39 is 68.4 Å². The number of hydrogen-bond acceptors (Lipinski definition) is 8. The maximum absolute atomic E-state index is 13.3. The van der Waals surface area contributed by atoms with Gasteiger partial charge in [0.2, 0.25) is 0 Å². The van der Waals surface area contributed by atoms with Crippen LogP contribution in [0, 0.1) is 22.2 Å². The fourth-order valence-electron chi connectivity index (χ4n) is 5.24. The van der Waals surface area contributed by atoms with Gasteiger partial charge in [-0.3, -0.25) is 38.4 Å². The van der Waals surface area contributed by atoms with E-state index in [4.69, 9.17) is 0 Å². The SMILES string of the molecule is CC(=O)C1C(=O)C(C(C)=O)(C(C)=O)C(C(C)=O)(C(C)=O)C1(C(C)=O)C(C)=O. The van der Waals surface area contributed by atoms with Gasteiger partial charge in [-0.25, -0.2) is 0 Å². The molecule has 0 aromatic heterocycles. The Labute approximate surface area is 156 Å². The summed E-state index contributed by atoms with van der Waals surface area (Å²) in [6.45, 7) is 5.95. The largest absolute Gasteiger partial charge is 0.299 e. The van der Waals surface area contributed by atoms with Crippen LogP contribution in [-0.2, 0) is 38.4 Å². The van der Waals surface area contributed by atoms with Crippen molar-refractivity contribution in [2.45, 2.75) is 48.5 Å². The fraction of sp³-hybridized carbons (Fsp3) is 0.579. The average molecular weight is 378 g/mol. The van der Waals surface area contributed by atoms with E-state index in [1.54, 1.807) is 0 Å². The molecule has 0 amide bonds. The summed E-state index contributed by atoms with van der Waals surface area (Å²) in [4.78, 5) is 102. The van der Waals surface area contributed by atoms with Crippen molar-refractivity contribution in [2.24, 2.45) is 22.2 Å². The molecule has 0 aromatic carbocycles. The number of rotatable bonds is 7. The quantitative estimate of drug-likeness (QED) is 0.576. The van der Waals surface area contributed by atoms with Crippen LogP contribution in [0.2, 0.25) is 0 Å². The second kappa shape index (κ2) is 6.51. The normalized spacial score (nSPS) is 22.0. The smallest absolute Gasteiger partial charge is 0.167 e. The van der Waals surface area contributed by atoms with E-state index >= 15 is 0 Å². The third kappa shape index (κ3) is 2.09. The van der Waals surface area contributed by atoms with Crippen LogP contribution < -0.4 is 0 Å². The van der Waals surface area contributed by atoms with E-state index in [1.807, 2.05) is 0 Å². The van der Waals surface area contributed by atoms with Crippen molar-refractivity contribution >= 4 is 46.3 Å². The first kappa shape index (κ1) is 22.4. The van der Waals surface area contributed by atoms with Crippen molar-refractivity contribution in [1.29, 1.82) is 0 Å². The first-order chi connectivity index (χ1) is 12.1. The van der Waals surface area contributed by atoms with Crippen LogP contribution in [-0.4, -0.2) is 46.3 Å². The predicted molar refractivity (Wildman–Crippen MR) is 90.6 cm³/mol. The summed E-state index contributed by atoms with van der Waals surface area (Å²) < 4.78 is 0. The molecule has 146 valence electrons. The molecule has 0 saturated heterocycles. The van der Waals surface area contributed by atoms with Gasteiger partial charge >= 0.3 is 0 Å². The lowest BCUT2D eigenvalue weighted by molar-refractivity contribution is -0.175. The molecule has 1 saturated carbocycles. The summed E-state index contributed by atoms with van der Waals surface area (Å²) in [5.74, 6) is -11.3. The lowest BCUT2D eigenvalue weighted by Gasteiger charge is -2.46. The summed E-state index contributed by atoms with van der Waals surface area (Å²) in [5, 5.41) is 0. The number of hydrogen-bond donors (Lipinski definition) is 0. The number of carbonyl (C=O) groups is 8. The van der Waals surface area contributed by atoms with E-state index in [1.165, 1.54) is 0 Å².